The van der Waals surface area contributed by atoms with Gasteiger partial charge in [-0.25, -0.2) is 23.1 Å². The van der Waals surface area contributed by atoms with Crippen LogP contribution in [0.5, 0.6) is 0 Å². The lowest BCUT2D eigenvalue weighted by molar-refractivity contribution is -0.133. The molecule has 1 saturated heterocycles. The van der Waals surface area contributed by atoms with Crippen LogP contribution in [0.4, 0.5) is 24.8 Å². The molecular weight excluding hydrogens is 561 g/mol. The average Bonchev–Trinajstić information content (AvgIpc) is 3.32. The van der Waals surface area contributed by atoms with Gasteiger partial charge in [0.2, 0.25) is 17.8 Å². The molecule has 1 N–H and O–H groups in total. The summed E-state index contributed by atoms with van der Waals surface area (Å²) in [4.78, 5) is 51.3. The van der Waals surface area contributed by atoms with Crippen LogP contribution in [0.25, 0.3) is 0 Å². The Labute approximate surface area is 237 Å². The first-order chi connectivity index (χ1) is 19.6. The van der Waals surface area contributed by atoms with E-state index in [-0.39, 0.29) is 40.8 Å². The topological polar surface area (TPSA) is 119 Å². The number of alkyl halides is 2. The number of aromatic nitrogens is 2. The van der Waals surface area contributed by atoms with Crippen molar-refractivity contribution in [3.8, 4) is 6.07 Å². The van der Waals surface area contributed by atoms with Gasteiger partial charge in [-0.05, 0) is 36.8 Å². The standard InChI is InChI=1S/C28H22ClF3N6O3/c29-21-7-2-1-6-20(21)24(25(40)35-18-13-28(31,32)14-18)37(19-5-3-4-16(30)12-19)26(41)22-8-9-23(39)38(22)27-34-11-10-17(15-33)36-27/h1-7,10-12,18,22,24H,8-9,13-14H2,(H,35,40). The maximum atomic E-state index is 14.5. The van der Waals surface area contributed by atoms with E-state index in [0.717, 1.165) is 21.9 Å². The van der Waals surface area contributed by atoms with Gasteiger partial charge in [-0.2, -0.15) is 5.26 Å². The Balaban J connectivity index is 1.61. The van der Waals surface area contributed by atoms with Gasteiger partial charge >= 0.3 is 0 Å². The molecule has 13 heteroatoms. The zero-order chi connectivity index (χ0) is 29.3. The molecule has 2 atom stereocenters. The second-order valence-corrected chi connectivity index (χ2v) is 10.2. The van der Waals surface area contributed by atoms with Gasteiger partial charge in [0.15, 0.2) is 0 Å². The maximum Gasteiger partial charge on any atom is 0.252 e. The summed E-state index contributed by atoms with van der Waals surface area (Å²) in [6.45, 7) is 0. The predicted molar refractivity (Wildman–Crippen MR) is 141 cm³/mol. The highest BCUT2D eigenvalue weighted by atomic mass is 35.5. The second-order valence-electron chi connectivity index (χ2n) is 9.75. The van der Waals surface area contributed by atoms with Crippen LogP contribution in [0.3, 0.4) is 0 Å². The summed E-state index contributed by atoms with van der Waals surface area (Å²) in [5.74, 6) is -5.89. The van der Waals surface area contributed by atoms with Crippen LogP contribution in [-0.4, -0.2) is 45.7 Å². The molecule has 2 fully saturated rings. The van der Waals surface area contributed by atoms with E-state index in [0.29, 0.717) is 0 Å². The molecule has 0 bridgehead atoms. The molecular formula is C28H22ClF3N6O3. The minimum absolute atomic E-state index is 0.00926. The quantitative estimate of drug-likeness (QED) is 0.443. The molecule has 0 radical (unpaired) electrons. The Kier molecular flexibility index (Phi) is 7.64. The summed E-state index contributed by atoms with van der Waals surface area (Å²) in [6, 6.07) is 10.7. The lowest BCUT2D eigenvalue weighted by Gasteiger charge is -2.39. The van der Waals surface area contributed by atoms with Crippen molar-refractivity contribution in [2.75, 3.05) is 9.80 Å². The minimum Gasteiger partial charge on any atom is -0.351 e. The number of nitrogens with zero attached hydrogens (tertiary/aromatic N) is 5. The fourth-order valence-corrected chi connectivity index (χ4v) is 5.26. The van der Waals surface area contributed by atoms with Crippen LogP contribution in [0.2, 0.25) is 5.02 Å². The SMILES string of the molecule is N#Cc1ccnc(N2C(=O)CCC2C(=O)N(c2cccc(F)c2)C(C(=O)NC2CC(F)(F)C2)c2ccccc2Cl)n1. The first-order valence-corrected chi connectivity index (χ1v) is 13.0. The van der Waals surface area contributed by atoms with Gasteiger partial charge in [-0.1, -0.05) is 35.9 Å². The third-order valence-electron chi connectivity index (χ3n) is 6.94. The van der Waals surface area contributed by atoms with Gasteiger partial charge in [-0.15, -0.1) is 0 Å². The van der Waals surface area contributed by atoms with Gasteiger partial charge in [-0.3, -0.25) is 24.2 Å². The number of rotatable bonds is 7. The van der Waals surface area contributed by atoms with E-state index >= 15 is 0 Å². The number of benzene rings is 2. The van der Waals surface area contributed by atoms with Crippen molar-refractivity contribution >= 4 is 41.0 Å². The largest absolute Gasteiger partial charge is 0.351 e. The van der Waals surface area contributed by atoms with E-state index in [2.05, 4.69) is 15.3 Å². The van der Waals surface area contributed by atoms with E-state index in [1.54, 1.807) is 12.1 Å². The number of anilines is 2. The molecule has 9 nitrogen and oxygen atoms in total. The van der Waals surface area contributed by atoms with Gasteiger partial charge in [0.05, 0.1) is 0 Å². The van der Waals surface area contributed by atoms with Crippen molar-refractivity contribution < 1.29 is 27.6 Å². The normalized spacial score (nSPS) is 18.8. The van der Waals surface area contributed by atoms with Gasteiger partial charge in [0.1, 0.15) is 29.7 Å². The molecule has 210 valence electrons. The Morgan fingerprint density at radius 1 is 1.17 bits per heavy atom. The van der Waals surface area contributed by atoms with Crippen molar-refractivity contribution in [1.82, 2.24) is 15.3 Å². The Morgan fingerprint density at radius 2 is 1.93 bits per heavy atom. The van der Waals surface area contributed by atoms with Crippen LogP contribution in [0.1, 0.15) is 43.0 Å². The number of carbonyl (C=O) groups excluding carboxylic acids is 3. The van der Waals surface area contributed by atoms with Crippen molar-refractivity contribution in [2.24, 2.45) is 0 Å². The Bertz CT molecular complexity index is 1560. The molecule has 2 heterocycles. The van der Waals surface area contributed by atoms with E-state index in [4.69, 9.17) is 11.6 Å². The average molecular weight is 583 g/mol. The minimum atomic E-state index is -2.92. The molecule has 2 aliphatic rings. The number of nitrogens with one attached hydrogen (secondary N) is 1. The van der Waals surface area contributed by atoms with Crippen molar-refractivity contribution in [2.45, 2.75) is 49.7 Å². The predicted octanol–water partition coefficient (Wildman–Crippen LogP) is 4.32. The summed E-state index contributed by atoms with van der Waals surface area (Å²) in [5.41, 5.74) is 0.0995. The summed E-state index contributed by atoms with van der Waals surface area (Å²) >= 11 is 6.47. The van der Waals surface area contributed by atoms with E-state index in [1.165, 1.54) is 36.5 Å². The fraction of sp³-hybridized carbons (Fsp3) is 0.286. The van der Waals surface area contributed by atoms with Crippen molar-refractivity contribution in [3.63, 3.8) is 0 Å². The van der Waals surface area contributed by atoms with Crippen LogP contribution in [-0.2, 0) is 14.4 Å². The molecule has 5 rings (SSSR count). The number of hydrogen-bond donors (Lipinski definition) is 1. The smallest absolute Gasteiger partial charge is 0.252 e. The number of hydrogen-bond acceptors (Lipinski definition) is 6. The van der Waals surface area contributed by atoms with E-state index in [9.17, 15) is 32.8 Å². The monoisotopic (exact) mass is 582 g/mol. The molecule has 3 amide bonds. The zero-order valence-electron chi connectivity index (χ0n) is 21.3. The van der Waals surface area contributed by atoms with Crippen molar-refractivity contribution in [1.29, 1.82) is 5.26 Å². The molecule has 2 aromatic carbocycles. The molecule has 41 heavy (non-hydrogen) atoms. The molecule has 1 saturated carbocycles. The first kappa shape index (κ1) is 28.0. The Morgan fingerprint density at radius 3 is 2.61 bits per heavy atom. The van der Waals surface area contributed by atoms with E-state index < -0.39 is 60.4 Å². The summed E-state index contributed by atoms with van der Waals surface area (Å²) in [7, 11) is 0. The highest BCUT2D eigenvalue weighted by molar-refractivity contribution is 6.31. The van der Waals surface area contributed by atoms with Crippen LogP contribution in [0.15, 0.2) is 60.8 Å². The zero-order valence-corrected chi connectivity index (χ0v) is 22.1. The lowest BCUT2D eigenvalue weighted by atomic mass is 9.87. The third-order valence-corrected chi connectivity index (χ3v) is 7.28. The number of carbonyl (C=O) groups is 3. The first-order valence-electron chi connectivity index (χ1n) is 12.6. The van der Waals surface area contributed by atoms with Crippen LogP contribution in [0, 0.1) is 17.1 Å². The van der Waals surface area contributed by atoms with Crippen LogP contribution < -0.4 is 15.1 Å². The number of halogens is 4. The Hall–Kier alpha value is -4.50. The molecule has 0 spiro atoms. The lowest BCUT2D eigenvalue weighted by Crippen LogP contribution is -2.56. The molecule has 3 aromatic rings. The van der Waals surface area contributed by atoms with Gasteiger partial charge in [0, 0.05) is 47.8 Å². The molecule has 2 unspecified atom stereocenters. The fourth-order valence-electron chi connectivity index (χ4n) is 5.02. The summed E-state index contributed by atoms with van der Waals surface area (Å²) in [6.07, 6.45) is 0.0779. The molecule has 1 aliphatic carbocycles. The highest BCUT2D eigenvalue weighted by Gasteiger charge is 2.48. The number of amides is 3. The second kappa shape index (κ2) is 11.2. The van der Waals surface area contributed by atoms with Gasteiger partial charge < -0.3 is 5.32 Å². The van der Waals surface area contributed by atoms with Gasteiger partial charge in [0.25, 0.3) is 11.8 Å². The molecule has 1 aromatic heterocycles. The highest BCUT2D eigenvalue weighted by Crippen LogP contribution is 2.39. The van der Waals surface area contributed by atoms with E-state index in [1.807, 2.05) is 6.07 Å². The third kappa shape index (κ3) is 5.71. The maximum absolute atomic E-state index is 14.5. The number of nitriles is 1. The summed E-state index contributed by atoms with van der Waals surface area (Å²) < 4.78 is 41.6. The molecule has 1 aliphatic heterocycles. The van der Waals surface area contributed by atoms with Crippen molar-refractivity contribution in [3.05, 3.63) is 82.9 Å². The summed E-state index contributed by atoms with van der Waals surface area (Å²) in [5, 5.41) is 11.9. The van der Waals surface area contributed by atoms with Crippen LogP contribution >= 0.6 is 11.6 Å².